The van der Waals surface area contributed by atoms with E-state index in [-0.39, 0.29) is 5.56 Å². The van der Waals surface area contributed by atoms with E-state index in [9.17, 15) is 8.78 Å². The Morgan fingerprint density at radius 1 is 1.15 bits per heavy atom. The minimum absolute atomic E-state index is 0.0697. The monoisotopic (exact) mass is 463 g/mol. The van der Waals surface area contributed by atoms with E-state index < -0.39 is 6.43 Å². The van der Waals surface area contributed by atoms with Gasteiger partial charge in [0.25, 0.3) is 6.43 Å². The van der Waals surface area contributed by atoms with Crippen LogP contribution in [-0.2, 0) is 13.5 Å². The minimum Gasteiger partial charge on any atom is -0.341 e. The van der Waals surface area contributed by atoms with Crippen molar-refractivity contribution in [3.05, 3.63) is 70.6 Å². The van der Waals surface area contributed by atoms with Crippen LogP contribution in [0.5, 0.6) is 0 Å². The minimum atomic E-state index is -2.55. The van der Waals surface area contributed by atoms with E-state index in [2.05, 4.69) is 55.9 Å². The van der Waals surface area contributed by atoms with Crippen molar-refractivity contribution in [3.63, 3.8) is 0 Å². The van der Waals surface area contributed by atoms with E-state index in [0.717, 1.165) is 61.2 Å². The van der Waals surface area contributed by atoms with Gasteiger partial charge in [0.05, 0.1) is 6.20 Å². The number of halogens is 2. The SMILES string of the molecule is CC/C=C(\CCC)c1cc(N2CCCc3cc(-c4cnn(C)c4)c(C(F)F)cc32)cc(C)c1C. The van der Waals surface area contributed by atoms with Crippen molar-refractivity contribution in [1.82, 2.24) is 9.78 Å². The molecule has 1 aliphatic rings. The summed E-state index contributed by atoms with van der Waals surface area (Å²) in [6, 6.07) is 8.15. The second-order valence-corrected chi connectivity index (χ2v) is 9.35. The summed E-state index contributed by atoms with van der Waals surface area (Å²) in [6.07, 6.45) is 8.25. The topological polar surface area (TPSA) is 21.1 Å². The summed E-state index contributed by atoms with van der Waals surface area (Å²) in [5.74, 6) is 0. The van der Waals surface area contributed by atoms with Crippen LogP contribution in [-0.4, -0.2) is 16.3 Å². The van der Waals surface area contributed by atoms with Crippen LogP contribution in [0.15, 0.2) is 42.7 Å². The van der Waals surface area contributed by atoms with Gasteiger partial charge in [-0.25, -0.2) is 8.78 Å². The third kappa shape index (κ3) is 4.66. The lowest BCUT2D eigenvalue weighted by Gasteiger charge is -2.33. The van der Waals surface area contributed by atoms with E-state index >= 15 is 0 Å². The summed E-state index contributed by atoms with van der Waals surface area (Å²) in [5.41, 5.74) is 9.70. The molecule has 3 nitrogen and oxygen atoms in total. The highest BCUT2D eigenvalue weighted by molar-refractivity contribution is 5.79. The molecule has 0 bridgehead atoms. The second kappa shape index (κ2) is 10.1. The molecule has 2 heterocycles. The van der Waals surface area contributed by atoms with Gasteiger partial charge in [0.2, 0.25) is 0 Å². The van der Waals surface area contributed by atoms with Crippen LogP contribution in [0.4, 0.5) is 20.2 Å². The van der Waals surface area contributed by atoms with Crippen LogP contribution in [0, 0.1) is 13.8 Å². The van der Waals surface area contributed by atoms with Crippen molar-refractivity contribution in [2.45, 2.75) is 66.2 Å². The lowest BCUT2D eigenvalue weighted by Crippen LogP contribution is -2.25. The zero-order valence-corrected chi connectivity index (χ0v) is 21.0. The van der Waals surface area contributed by atoms with Gasteiger partial charge < -0.3 is 4.90 Å². The first kappa shape index (κ1) is 24.2. The molecule has 4 rings (SSSR count). The molecule has 0 unspecified atom stereocenters. The van der Waals surface area contributed by atoms with Gasteiger partial charge >= 0.3 is 0 Å². The first-order valence-electron chi connectivity index (χ1n) is 12.4. The van der Waals surface area contributed by atoms with Gasteiger partial charge in [-0.2, -0.15) is 5.10 Å². The van der Waals surface area contributed by atoms with Crippen LogP contribution in [0.25, 0.3) is 16.7 Å². The third-order valence-electron chi connectivity index (χ3n) is 6.90. The summed E-state index contributed by atoms with van der Waals surface area (Å²) in [5, 5.41) is 4.20. The number of alkyl halides is 2. The molecule has 5 heteroatoms. The molecule has 0 radical (unpaired) electrons. The Morgan fingerprint density at radius 2 is 1.94 bits per heavy atom. The predicted molar refractivity (Wildman–Crippen MR) is 138 cm³/mol. The summed E-state index contributed by atoms with van der Waals surface area (Å²) in [7, 11) is 1.81. The van der Waals surface area contributed by atoms with Gasteiger partial charge in [0.1, 0.15) is 0 Å². The third-order valence-corrected chi connectivity index (χ3v) is 6.90. The molecule has 1 aromatic heterocycles. The van der Waals surface area contributed by atoms with E-state index in [0.29, 0.717) is 5.56 Å². The standard InChI is InChI=1S/C29H35F2N3/c1-6-9-21(10-7-2)25-15-24(13-19(3)20(25)4)34-12-8-11-22-14-26(23-17-32-33(5)18-23)27(29(30)31)16-28(22)34/h9,13-18,29H,6-8,10-12H2,1-5H3/b21-9+. The Morgan fingerprint density at radius 3 is 2.59 bits per heavy atom. The largest absolute Gasteiger partial charge is 0.341 e. The fraction of sp³-hybridized carbons (Fsp3) is 0.414. The number of hydrogen-bond donors (Lipinski definition) is 0. The van der Waals surface area contributed by atoms with Crippen molar-refractivity contribution in [1.29, 1.82) is 0 Å². The molecule has 3 aromatic rings. The van der Waals surface area contributed by atoms with Crippen molar-refractivity contribution in [3.8, 4) is 11.1 Å². The summed E-state index contributed by atoms with van der Waals surface area (Å²) >= 11 is 0. The number of anilines is 2. The van der Waals surface area contributed by atoms with E-state index in [1.807, 2.05) is 13.1 Å². The molecule has 0 saturated carbocycles. The maximum atomic E-state index is 14.2. The maximum absolute atomic E-state index is 14.2. The van der Waals surface area contributed by atoms with Gasteiger partial charge in [-0.3, -0.25) is 4.68 Å². The number of aromatic nitrogens is 2. The molecule has 0 spiro atoms. The first-order chi connectivity index (χ1) is 16.3. The van der Waals surface area contributed by atoms with Crippen molar-refractivity contribution in [2.75, 3.05) is 11.4 Å². The average molecular weight is 464 g/mol. The summed E-state index contributed by atoms with van der Waals surface area (Å²) < 4.78 is 30.1. The van der Waals surface area contributed by atoms with Crippen LogP contribution < -0.4 is 4.90 Å². The van der Waals surface area contributed by atoms with Crippen molar-refractivity contribution in [2.24, 2.45) is 7.05 Å². The predicted octanol–water partition coefficient (Wildman–Crippen LogP) is 8.32. The highest BCUT2D eigenvalue weighted by atomic mass is 19.3. The van der Waals surface area contributed by atoms with Crippen LogP contribution >= 0.6 is 0 Å². The molecule has 180 valence electrons. The zero-order valence-electron chi connectivity index (χ0n) is 21.0. The molecule has 0 fully saturated rings. The Kier molecular flexibility index (Phi) is 7.20. The molecule has 0 aliphatic carbocycles. The number of hydrogen-bond acceptors (Lipinski definition) is 2. The first-order valence-corrected chi connectivity index (χ1v) is 12.4. The normalized spacial score (nSPS) is 14.1. The molecule has 34 heavy (non-hydrogen) atoms. The number of benzene rings is 2. The molecule has 0 N–H and O–H groups in total. The second-order valence-electron chi connectivity index (χ2n) is 9.35. The van der Waals surface area contributed by atoms with Gasteiger partial charge in [0, 0.05) is 42.3 Å². The lowest BCUT2D eigenvalue weighted by molar-refractivity contribution is 0.152. The van der Waals surface area contributed by atoms with E-state index in [4.69, 9.17) is 0 Å². The quantitative estimate of drug-likeness (QED) is 0.351. The number of nitrogens with zero attached hydrogens (tertiary/aromatic N) is 3. The van der Waals surface area contributed by atoms with E-state index in [1.54, 1.807) is 23.1 Å². The number of aryl methyl sites for hydroxylation is 3. The van der Waals surface area contributed by atoms with Gasteiger partial charge in [-0.1, -0.05) is 26.3 Å². The van der Waals surface area contributed by atoms with Gasteiger partial charge in [0.15, 0.2) is 0 Å². The summed E-state index contributed by atoms with van der Waals surface area (Å²) in [6.45, 7) is 9.55. The number of rotatable bonds is 7. The van der Waals surface area contributed by atoms with E-state index in [1.165, 1.54) is 22.3 Å². The summed E-state index contributed by atoms with van der Waals surface area (Å²) in [4.78, 5) is 2.24. The van der Waals surface area contributed by atoms with Crippen molar-refractivity contribution < 1.29 is 8.78 Å². The molecular weight excluding hydrogens is 428 g/mol. The Hall–Kier alpha value is -2.95. The van der Waals surface area contributed by atoms with Crippen LogP contribution in [0.1, 0.15) is 73.8 Å². The highest BCUT2D eigenvalue weighted by Gasteiger charge is 2.25. The fourth-order valence-electron chi connectivity index (χ4n) is 5.10. The average Bonchev–Trinajstić information content (AvgIpc) is 3.25. The molecule has 2 aromatic carbocycles. The fourth-order valence-corrected chi connectivity index (χ4v) is 5.10. The molecule has 0 atom stereocenters. The Bertz CT molecular complexity index is 1210. The number of allylic oxidation sites excluding steroid dienone is 2. The highest BCUT2D eigenvalue weighted by Crippen LogP contribution is 2.42. The van der Waals surface area contributed by atoms with Crippen molar-refractivity contribution >= 4 is 16.9 Å². The molecule has 1 aliphatic heterocycles. The Balaban J connectivity index is 1.85. The molecule has 0 amide bonds. The lowest BCUT2D eigenvalue weighted by atomic mass is 9.90. The van der Waals surface area contributed by atoms with Gasteiger partial charge in [-0.05, 0) is 97.2 Å². The van der Waals surface area contributed by atoms with Crippen LogP contribution in [0.3, 0.4) is 0 Å². The molecular formula is C29H35F2N3. The smallest absolute Gasteiger partial charge is 0.264 e. The number of fused-ring (bicyclic) bond motifs is 1. The van der Waals surface area contributed by atoms with Crippen LogP contribution in [0.2, 0.25) is 0 Å². The zero-order chi connectivity index (χ0) is 24.4. The Labute approximate surface area is 202 Å². The molecule has 0 saturated heterocycles. The van der Waals surface area contributed by atoms with Gasteiger partial charge in [-0.15, -0.1) is 0 Å². The maximum Gasteiger partial charge on any atom is 0.264 e.